The van der Waals surface area contributed by atoms with Crippen LogP contribution in [0.25, 0.3) is 0 Å². The van der Waals surface area contributed by atoms with Gasteiger partial charge in [0.15, 0.2) is 17.3 Å². The van der Waals surface area contributed by atoms with Gasteiger partial charge >= 0.3 is 11.4 Å². The maximum absolute atomic E-state index is 14.2. The number of ether oxygens (including phenoxy) is 1. The monoisotopic (exact) mass is 628 g/mol. The predicted octanol–water partition coefficient (Wildman–Crippen LogP) is 3.92. The lowest BCUT2D eigenvalue weighted by Crippen LogP contribution is -2.39. The highest BCUT2D eigenvalue weighted by molar-refractivity contribution is 6.25. The number of hydrogen-bond donors (Lipinski definition) is 1. The van der Waals surface area contributed by atoms with Gasteiger partial charge in [-0.05, 0) is 37.8 Å². The molecule has 6 rings (SSSR count). The minimum atomic E-state index is -1.04. The fourth-order valence-electron chi connectivity index (χ4n) is 7.32. The summed E-state index contributed by atoms with van der Waals surface area (Å²) >= 11 is 0. The van der Waals surface area contributed by atoms with Gasteiger partial charge in [-0.3, -0.25) is 39.4 Å². The van der Waals surface area contributed by atoms with Crippen LogP contribution in [0.5, 0.6) is 11.5 Å². The molecule has 14 nitrogen and oxygen atoms in total. The van der Waals surface area contributed by atoms with Crippen molar-refractivity contribution < 1.29 is 38.9 Å². The van der Waals surface area contributed by atoms with E-state index < -0.39 is 62.5 Å². The Labute approximate surface area is 261 Å². The second kappa shape index (κ2) is 10.8. The second-order valence-corrected chi connectivity index (χ2v) is 11.9. The fourth-order valence-corrected chi connectivity index (χ4v) is 7.32. The summed E-state index contributed by atoms with van der Waals surface area (Å²) in [6.07, 6.45) is 3.02. The first kappa shape index (κ1) is 30.4. The third-order valence-corrected chi connectivity index (χ3v) is 9.27. The van der Waals surface area contributed by atoms with E-state index in [0.717, 1.165) is 17.0 Å². The molecule has 2 amide bonds. The number of fused-ring (bicyclic) bond motifs is 3. The van der Waals surface area contributed by atoms with E-state index in [-0.39, 0.29) is 52.5 Å². The Morgan fingerprint density at radius 1 is 0.978 bits per heavy atom. The van der Waals surface area contributed by atoms with Crippen molar-refractivity contribution in [3.05, 3.63) is 90.6 Å². The summed E-state index contributed by atoms with van der Waals surface area (Å²) in [4.78, 5) is 79.3. The number of methoxy groups -OCH3 is 1. The highest BCUT2D eigenvalue weighted by atomic mass is 16.6. The van der Waals surface area contributed by atoms with Gasteiger partial charge in [-0.1, -0.05) is 17.7 Å². The SMILES string of the molecule is COc1ccc(C2C3=CCC4C(=O)N(c5cc([N+](=O)[O-])c(N(C)C)c([N+](=O)[O-])c5)C(=O)C4C3CC3=C2C(=O)C(C)=CC3=O)c(O)c1. The van der Waals surface area contributed by atoms with Crippen LogP contribution >= 0.6 is 0 Å². The van der Waals surface area contributed by atoms with Gasteiger partial charge in [0, 0.05) is 60.5 Å². The molecule has 0 spiro atoms. The number of hydrogen-bond acceptors (Lipinski definition) is 11. The quantitative estimate of drug-likeness (QED) is 0.160. The zero-order valence-corrected chi connectivity index (χ0v) is 25.2. The van der Waals surface area contributed by atoms with Crippen LogP contribution in [-0.4, -0.2) is 59.5 Å². The number of anilines is 2. The van der Waals surface area contributed by atoms with E-state index in [9.17, 15) is 44.5 Å². The van der Waals surface area contributed by atoms with Crippen molar-refractivity contribution in [1.29, 1.82) is 0 Å². The van der Waals surface area contributed by atoms with Crippen LogP contribution in [0.3, 0.4) is 0 Å². The summed E-state index contributed by atoms with van der Waals surface area (Å²) in [5, 5.41) is 35.0. The number of benzene rings is 2. The van der Waals surface area contributed by atoms with Crippen LogP contribution in [-0.2, 0) is 19.2 Å². The van der Waals surface area contributed by atoms with Gasteiger partial charge in [0.05, 0.1) is 34.5 Å². The molecule has 0 saturated carbocycles. The standard InChI is InChI=1S/C32H28N4O10/c1-14-9-24(37)21-13-20-17(26(28(21)30(14)39)18-6-5-16(46-4)12-25(18)38)7-8-19-27(20)32(41)34(31(19)40)15-10-22(35(42)43)29(33(2)3)23(11-15)36(44)45/h5-7,9-12,19-20,26-27,38H,8,13H2,1-4H3. The lowest BCUT2D eigenvalue weighted by molar-refractivity contribution is -0.392. The van der Waals surface area contributed by atoms with E-state index in [1.165, 1.54) is 45.2 Å². The maximum atomic E-state index is 14.2. The summed E-state index contributed by atoms with van der Waals surface area (Å²) in [5.74, 6) is -5.64. The number of nitrogens with zero attached hydrogens (tertiary/aromatic N) is 4. The van der Waals surface area contributed by atoms with E-state index in [1.54, 1.807) is 18.2 Å². The molecule has 0 radical (unpaired) electrons. The van der Waals surface area contributed by atoms with Gasteiger partial charge in [-0.25, -0.2) is 4.90 Å². The number of rotatable bonds is 6. The highest BCUT2D eigenvalue weighted by Crippen LogP contribution is 2.57. The molecule has 1 aliphatic heterocycles. The average molecular weight is 629 g/mol. The minimum Gasteiger partial charge on any atom is -0.507 e. The number of carbonyl (C=O) groups excluding carboxylic acids is 4. The van der Waals surface area contributed by atoms with Crippen LogP contribution < -0.4 is 14.5 Å². The minimum absolute atomic E-state index is 0.0309. The Morgan fingerprint density at radius 2 is 1.63 bits per heavy atom. The number of phenols is 1. The van der Waals surface area contributed by atoms with E-state index in [4.69, 9.17) is 4.74 Å². The average Bonchev–Trinajstić information content (AvgIpc) is 3.27. The van der Waals surface area contributed by atoms with E-state index >= 15 is 0 Å². The predicted molar refractivity (Wildman–Crippen MR) is 163 cm³/mol. The summed E-state index contributed by atoms with van der Waals surface area (Å²) < 4.78 is 5.22. The van der Waals surface area contributed by atoms with Gasteiger partial charge in [-0.15, -0.1) is 0 Å². The number of imide groups is 1. The lowest BCUT2D eigenvalue weighted by Gasteiger charge is -2.42. The Kier molecular flexibility index (Phi) is 7.10. The maximum Gasteiger partial charge on any atom is 0.301 e. The number of phenolic OH excluding ortho intramolecular Hbond substituents is 1. The number of carbonyl (C=O) groups is 4. The summed E-state index contributed by atoms with van der Waals surface area (Å²) in [6, 6.07) is 6.52. The smallest absolute Gasteiger partial charge is 0.301 e. The molecule has 4 atom stereocenters. The van der Waals surface area contributed by atoms with Crippen molar-refractivity contribution in [1.82, 2.24) is 0 Å². The highest BCUT2D eigenvalue weighted by Gasteiger charge is 2.57. The number of nitro benzene ring substituents is 2. The molecule has 2 aromatic rings. The molecule has 3 aliphatic carbocycles. The lowest BCUT2D eigenvalue weighted by atomic mass is 9.59. The Morgan fingerprint density at radius 3 is 2.20 bits per heavy atom. The van der Waals surface area contributed by atoms with Crippen molar-refractivity contribution in [2.24, 2.45) is 17.8 Å². The van der Waals surface area contributed by atoms with E-state index in [1.807, 2.05) is 0 Å². The van der Waals surface area contributed by atoms with Gasteiger partial charge in [0.1, 0.15) is 11.5 Å². The van der Waals surface area contributed by atoms with Crippen LogP contribution in [0.1, 0.15) is 31.2 Å². The molecule has 236 valence electrons. The normalized spacial score (nSPS) is 23.8. The third kappa shape index (κ3) is 4.39. The fraction of sp³-hybridized carbons (Fsp3) is 0.312. The molecular weight excluding hydrogens is 600 g/mol. The summed E-state index contributed by atoms with van der Waals surface area (Å²) in [6.45, 7) is 1.53. The second-order valence-electron chi connectivity index (χ2n) is 11.9. The molecule has 1 heterocycles. The van der Waals surface area contributed by atoms with Crippen molar-refractivity contribution >= 4 is 46.1 Å². The van der Waals surface area contributed by atoms with Crippen LogP contribution in [0.4, 0.5) is 22.7 Å². The molecular formula is C32H28N4O10. The zero-order valence-electron chi connectivity index (χ0n) is 25.2. The molecule has 0 aromatic heterocycles. The Bertz CT molecular complexity index is 1870. The topological polar surface area (TPSA) is 190 Å². The molecule has 14 heteroatoms. The summed E-state index contributed by atoms with van der Waals surface area (Å²) in [7, 11) is 4.23. The Balaban J connectivity index is 1.49. The zero-order chi connectivity index (χ0) is 33.4. The van der Waals surface area contributed by atoms with E-state index in [0.29, 0.717) is 16.9 Å². The number of ketones is 2. The first-order chi connectivity index (χ1) is 21.8. The third-order valence-electron chi connectivity index (χ3n) is 9.27. The molecule has 4 unspecified atom stereocenters. The molecule has 46 heavy (non-hydrogen) atoms. The number of amides is 2. The molecule has 4 aliphatic rings. The molecule has 1 fully saturated rings. The van der Waals surface area contributed by atoms with Crippen molar-refractivity contribution in [3.63, 3.8) is 0 Å². The molecule has 1 N–H and O–H groups in total. The van der Waals surface area contributed by atoms with Crippen LogP contribution in [0.15, 0.2) is 64.8 Å². The Hall–Kier alpha value is -5.66. The van der Waals surface area contributed by atoms with Gasteiger partial charge in [0.25, 0.3) is 0 Å². The first-order valence-electron chi connectivity index (χ1n) is 14.4. The van der Waals surface area contributed by atoms with Crippen molar-refractivity contribution in [2.75, 3.05) is 31.0 Å². The number of aromatic hydroxyl groups is 1. The number of allylic oxidation sites excluding steroid dienone is 6. The molecule has 1 saturated heterocycles. The van der Waals surface area contributed by atoms with Crippen LogP contribution in [0.2, 0.25) is 0 Å². The summed E-state index contributed by atoms with van der Waals surface area (Å²) in [5.41, 5.74) is -0.396. The van der Waals surface area contributed by atoms with Crippen LogP contribution in [0, 0.1) is 38.0 Å². The molecule has 0 bridgehead atoms. The van der Waals surface area contributed by atoms with E-state index in [2.05, 4.69) is 0 Å². The van der Waals surface area contributed by atoms with Gasteiger partial charge in [-0.2, -0.15) is 0 Å². The molecule has 2 aromatic carbocycles. The number of Topliss-reactive ketones (excluding diaryl/α,β-unsaturated/α-hetero) is 1. The van der Waals surface area contributed by atoms with Gasteiger partial charge < -0.3 is 14.7 Å². The largest absolute Gasteiger partial charge is 0.507 e. The van der Waals surface area contributed by atoms with Crippen molar-refractivity contribution in [3.8, 4) is 11.5 Å². The number of nitro groups is 2. The first-order valence-corrected chi connectivity index (χ1v) is 14.4. The van der Waals surface area contributed by atoms with Crippen molar-refractivity contribution in [2.45, 2.75) is 25.7 Å². The van der Waals surface area contributed by atoms with Gasteiger partial charge in [0.2, 0.25) is 11.8 Å².